The molecule has 3 aromatic rings. The predicted octanol–water partition coefficient (Wildman–Crippen LogP) is 5.42. The number of hydrogen-bond acceptors (Lipinski definition) is 3. The molecule has 0 saturated heterocycles. The van der Waals surface area contributed by atoms with Gasteiger partial charge in [-0.3, -0.25) is 9.59 Å². The summed E-state index contributed by atoms with van der Waals surface area (Å²) in [5, 5.41) is 3.04. The fraction of sp³-hybridized carbons (Fsp3) is 0.0909. The topological polar surface area (TPSA) is 58.6 Å². The third-order valence-corrected chi connectivity index (χ3v) is 5.47. The number of amides is 2. The van der Waals surface area contributed by atoms with Gasteiger partial charge in [-0.2, -0.15) is 0 Å². The van der Waals surface area contributed by atoms with E-state index in [1.165, 1.54) is 17.0 Å². The fourth-order valence-electron chi connectivity index (χ4n) is 3.13. The highest BCUT2D eigenvalue weighted by Gasteiger charge is 2.27. The average molecular weight is 490 g/mol. The molecule has 152 valence electrons. The van der Waals surface area contributed by atoms with E-state index in [1.54, 1.807) is 42.5 Å². The van der Waals surface area contributed by atoms with Crippen molar-refractivity contribution < 1.29 is 18.7 Å². The Balaban J connectivity index is 1.64. The molecule has 30 heavy (non-hydrogen) atoms. The van der Waals surface area contributed by atoms with Crippen molar-refractivity contribution in [2.45, 2.75) is 6.54 Å². The lowest BCUT2D eigenvalue weighted by Gasteiger charge is -2.30. The van der Waals surface area contributed by atoms with Crippen molar-refractivity contribution in [1.29, 1.82) is 0 Å². The lowest BCUT2D eigenvalue weighted by Crippen LogP contribution is -2.38. The van der Waals surface area contributed by atoms with Gasteiger partial charge in [-0.1, -0.05) is 39.7 Å². The van der Waals surface area contributed by atoms with Crippen molar-refractivity contribution in [1.82, 2.24) is 0 Å². The second-order valence-electron chi connectivity index (χ2n) is 6.62. The highest BCUT2D eigenvalue weighted by molar-refractivity contribution is 9.10. The lowest BCUT2D eigenvalue weighted by atomic mass is 10.1. The van der Waals surface area contributed by atoms with E-state index in [0.29, 0.717) is 22.7 Å². The van der Waals surface area contributed by atoms with Crippen LogP contribution in [0.2, 0.25) is 5.02 Å². The summed E-state index contributed by atoms with van der Waals surface area (Å²) in [6.45, 7) is -0.216. The van der Waals surface area contributed by atoms with E-state index in [-0.39, 0.29) is 35.6 Å². The van der Waals surface area contributed by atoms with Gasteiger partial charge >= 0.3 is 0 Å². The molecule has 5 nitrogen and oxygen atoms in total. The number of benzene rings is 3. The Morgan fingerprint density at radius 2 is 1.97 bits per heavy atom. The summed E-state index contributed by atoms with van der Waals surface area (Å²) in [5.74, 6) is -0.676. The minimum atomic E-state index is -0.498. The Morgan fingerprint density at radius 1 is 1.17 bits per heavy atom. The largest absolute Gasteiger partial charge is 0.482 e. The Bertz CT molecular complexity index is 1130. The molecule has 0 saturated carbocycles. The number of anilines is 2. The fourth-order valence-corrected chi connectivity index (χ4v) is 3.75. The van der Waals surface area contributed by atoms with Gasteiger partial charge < -0.3 is 15.0 Å². The number of ether oxygens (including phenoxy) is 1. The molecule has 0 bridgehead atoms. The third kappa shape index (κ3) is 4.17. The van der Waals surface area contributed by atoms with Crippen LogP contribution in [0.4, 0.5) is 15.8 Å². The van der Waals surface area contributed by atoms with Crippen LogP contribution < -0.4 is 15.0 Å². The first-order valence-electron chi connectivity index (χ1n) is 8.99. The first kappa shape index (κ1) is 20.4. The predicted molar refractivity (Wildman–Crippen MR) is 117 cm³/mol. The van der Waals surface area contributed by atoms with Gasteiger partial charge in [0.1, 0.15) is 11.6 Å². The van der Waals surface area contributed by atoms with E-state index < -0.39 is 5.82 Å². The maximum absolute atomic E-state index is 14.3. The van der Waals surface area contributed by atoms with Crippen LogP contribution in [0, 0.1) is 5.82 Å². The summed E-state index contributed by atoms with van der Waals surface area (Å²) in [5.41, 5.74) is 1.59. The molecular weight excluding hydrogens is 475 g/mol. The maximum atomic E-state index is 14.3. The molecule has 0 fully saturated rings. The average Bonchev–Trinajstić information content (AvgIpc) is 2.72. The van der Waals surface area contributed by atoms with Gasteiger partial charge in [0.05, 0.1) is 12.2 Å². The Kier molecular flexibility index (Phi) is 5.74. The standard InChI is InChI=1S/C22H15BrClFN2O3/c23-14-4-1-3-13(9-14)22(29)26-15-7-8-20-19(10-15)27(21(28)12-30-20)11-16-17(24)5-2-6-18(16)25/h1-10H,11-12H2,(H,26,29). The van der Waals surface area contributed by atoms with Crippen LogP contribution in [0.3, 0.4) is 0 Å². The van der Waals surface area contributed by atoms with Crippen LogP contribution in [-0.4, -0.2) is 18.4 Å². The number of halogens is 3. The molecule has 4 rings (SSSR count). The highest BCUT2D eigenvalue weighted by atomic mass is 79.9. The monoisotopic (exact) mass is 488 g/mol. The molecule has 0 unspecified atom stereocenters. The van der Waals surface area contributed by atoms with Crippen molar-refractivity contribution in [3.8, 4) is 5.75 Å². The van der Waals surface area contributed by atoms with Crippen molar-refractivity contribution in [2.75, 3.05) is 16.8 Å². The first-order chi connectivity index (χ1) is 14.4. The zero-order valence-electron chi connectivity index (χ0n) is 15.5. The number of nitrogens with zero attached hydrogens (tertiary/aromatic N) is 1. The van der Waals surface area contributed by atoms with Crippen molar-refractivity contribution >= 4 is 50.7 Å². The summed E-state index contributed by atoms with van der Waals surface area (Å²) in [4.78, 5) is 26.5. The molecule has 1 aliphatic rings. The van der Waals surface area contributed by atoms with E-state index in [9.17, 15) is 14.0 Å². The molecule has 0 aliphatic carbocycles. The Hall–Kier alpha value is -2.90. The van der Waals surface area contributed by atoms with Crippen LogP contribution >= 0.6 is 27.5 Å². The molecule has 1 N–H and O–H groups in total. The van der Waals surface area contributed by atoms with Gasteiger partial charge in [0.25, 0.3) is 11.8 Å². The molecule has 8 heteroatoms. The molecule has 1 aliphatic heterocycles. The molecule has 0 spiro atoms. The molecular formula is C22H15BrClFN2O3. The van der Waals surface area contributed by atoms with Crippen molar-refractivity contribution in [3.05, 3.63) is 87.1 Å². The third-order valence-electron chi connectivity index (χ3n) is 4.62. The molecule has 0 radical (unpaired) electrons. The van der Waals surface area contributed by atoms with Crippen molar-refractivity contribution in [3.63, 3.8) is 0 Å². The summed E-state index contributed by atoms with van der Waals surface area (Å²) in [7, 11) is 0. The number of rotatable bonds is 4. The van der Waals surface area contributed by atoms with E-state index in [4.69, 9.17) is 16.3 Å². The van der Waals surface area contributed by atoms with Gasteiger partial charge in [-0.25, -0.2) is 4.39 Å². The van der Waals surface area contributed by atoms with E-state index >= 15 is 0 Å². The summed E-state index contributed by atoms with van der Waals surface area (Å²) < 4.78 is 20.5. The van der Waals surface area contributed by atoms with E-state index in [1.807, 2.05) is 6.07 Å². The summed E-state index contributed by atoms with van der Waals surface area (Å²) in [6, 6.07) is 16.3. The zero-order valence-corrected chi connectivity index (χ0v) is 17.8. The van der Waals surface area contributed by atoms with Gasteiger partial charge in [-0.05, 0) is 48.5 Å². The van der Waals surface area contributed by atoms with Crippen LogP contribution in [0.15, 0.2) is 65.1 Å². The maximum Gasteiger partial charge on any atom is 0.265 e. The summed E-state index contributed by atoms with van der Waals surface area (Å²) >= 11 is 9.47. The highest BCUT2D eigenvalue weighted by Crippen LogP contribution is 2.36. The number of carbonyl (C=O) groups is 2. The van der Waals surface area contributed by atoms with Crippen LogP contribution in [0.5, 0.6) is 5.75 Å². The van der Waals surface area contributed by atoms with Crippen LogP contribution in [0.25, 0.3) is 0 Å². The van der Waals surface area contributed by atoms with Crippen LogP contribution in [0.1, 0.15) is 15.9 Å². The molecule has 2 amide bonds. The number of fused-ring (bicyclic) bond motifs is 1. The van der Waals surface area contributed by atoms with E-state index in [0.717, 1.165) is 4.47 Å². The minimum Gasteiger partial charge on any atom is -0.482 e. The molecule has 0 aromatic heterocycles. The SMILES string of the molecule is O=C(Nc1ccc2c(c1)N(Cc1c(F)cccc1Cl)C(=O)CO2)c1cccc(Br)c1. The minimum absolute atomic E-state index is 0.0519. The molecule has 0 atom stereocenters. The van der Waals surface area contributed by atoms with Gasteiger partial charge in [0.15, 0.2) is 6.61 Å². The number of hydrogen-bond donors (Lipinski definition) is 1. The van der Waals surface area contributed by atoms with E-state index in [2.05, 4.69) is 21.2 Å². The second kappa shape index (κ2) is 8.45. The smallest absolute Gasteiger partial charge is 0.265 e. The quantitative estimate of drug-likeness (QED) is 0.532. The van der Waals surface area contributed by atoms with Gasteiger partial charge in [0.2, 0.25) is 0 Å². The Morgan fingerprint density at radius 3 is 2.73 bits per heavy atom. The van der Waals surface area contributed by atoms with Crippen molar-refractivity contribution in [2.24, 2.45) is 0 Å². The number of nitrogens with one attached hydrogen (secondary N) is 1. The Labute approximate surface area is 185 Å². The second-order valence-corrected chi connectivity index (χ2v) is 7.94. The van der Waals surface area contributed by atoms with Gasteiger partial charge in [-0.15, -0.1) is 0 Å². The zero-order chi connectivity index (χ0) is 21.3. The molecule has 1 heterocycles. The lowest BCUT2D eigenvalue weighted by molar-refractivity contribution is -0.121. The first-order valence-corrected chi connectivity index (χ1v) is 10.2. The number of carbonyl (C=O) groups excluding carboxylic acids is 2. The van der Waals surface area contributed by atoms with Gasteiger partial charge in [0, 0.05) is 26.3 Å². The summed E-state index contributed by atoms with van der Waals surface area (Å²) in [6.07, 6.45) is 0. The molecule has 3 aromatic carbocycles. The van der Waals surface area contributed by atoms with Crippen LogP contribution in [-0.2, 0) is 11.3 Å². The normalized spacial score (nSPS) is 12.9.